The highest BCUT2D eigenvalue weighted by Crippen LogP contribution is 2.28. The van der Waals surface area contributed by atoms with Crippen LogP contribution in [0.25, 0.3) is 0 Å². The van der Waals surface area contributed by atoms with Crippen LogP contribution in [0.5, 0.6) is 5.75 Å². The number of phenols is 1. The van der Waals surface area contributed by atoms with Crippen LogP contribution in [0.1, 0.15) is 34.5 Å². The molecule has 0 aromatic heterocycles. The maximum Gasteiger partial charge on any atom is 0.251 e. The van der Waals surface area contributed by atoms with E-state index in [1.54, 1.807) is 6.07 Å². The number of carbonyl (C=O) groups excluding carboxylic acids is 1. The van der Waals surface area contributed by atoms with Crippen LogP contribution in [0.2, 0.25) is 0 Å². The van der Waals surface area contributed by atoms with Crippen molar-refractivity contribution >= 4 is 11.6 Å². The highest BCUT2D eigenvalue weighted by atomic mass is 19.1. The van der Waals surface area contributed by atoms with Gasteiger partial charge in [-0.1, -0.05) is 12.1 Å². The summed E-state index contributed by atoms with van der Waals surface area (Å²) in [7, 11) is 0. The van der Waals surface area contributed by atoms with E-state index in [9.17, 15) is 14.3 Å². The lowest BCUT2D eigenvalue weighted by atomic mass is 10.0. The fourth-order valence-electron chi connectivity index (χ4n) is 2.15. The van der Waals surface area contributed by atoms with Gasteiger partial charge in [0.1, 0.15) is 11.6 Å². The van der Waals surface area contributed by atoms with Crippen LogP contribution in [0.15, 0.2) is 36.4 Å². The number of hydrogen-bond acceptors (Lipinski definition) is 3. The molecule has 5 heteroatoms. The third-order valence-corrected chi connectivity index (χ3v) is 3.27. The van der Waals surface area contributed by atoms with Crippen molar-refractivity contribution in [3.05, 3.63) is 58.9 Å². The van der Waals surface area contributed by atoms with Gasteiger partial charge in [0.05, 0.1) is 11.6 Å². The molecule has 0 aliphatic heterocycles. The van der Waals surface area contributed by atoms with E-state index in [0.29, 0.717) is 11.3 Å². The summed E-state index contributed by atoms with van der Waals surface area (Å²) in [6.07, 6.45) is 0. The summed E-state index contributed by atoms with van der Waals surface area (Å²) in [5.74, 6) is -1.28. The molecule has 110 valence electrons. The second-order valence-corrected chi connectivity index (χ2v) is 4.99. The van der Waals surface area contributed by atoms with E-state index in [1.807, 2.05) is 26.0 Å². The summed E-state index contributed by atoms with van der Waals surface area (Å²) in [6.45, 7) is 3.75. The van der Waals surface area contributed by atoms with Crippen LogP contribution >= 0.6 is 0 Å². The van der Waals surface area contributed by atoms with E-state index in [2.05, 4.69) is 5.32 Å². The normalized spacial score (nSPS) is 12.0. The van der Waals surface area contributed by atoms with Crippen molar-refractivity contribution in [3.63, 3.8) is 0 Å². The number of aromatic hydroxyl groups is 1. The summed E-state index contributed by atoms with van der Waals surface area (Å²) in [5.41, 5.74) is 7.18. The van der Waals surface area contributed by atoms with Crippen LogP contribution in [0, 0.1) is 12.7 Å². The number of halogens is 1. The fourth-order valence-corrected chi connectivity index (χ4v) is 2.15. The molecule has 2 aromatic carbocycles. The van der Waals surface area contributed by atoms with Gasteiger partial charge in [-0.2, -0.15) is 0 Å². The number of benzene rings is 2. The zero-order valence-corrected chi connectivity index (χ0v) is 11.9. The number of primary amides is 1. The zero-order valence-electron chi connectivity index (χ0n) is 11.9. The first kappa shape index (κ1) is 14.8. The monoisotopic (exact) mass is 288 g/mol. The van der Waals surface area contributed by atoms with Gasteiger partial charge in [0.2, 0.25) is 0 Å². The molecule has 0 aliphatic rings. The Kier molecular flexibility index (Phi) is 4.12. The van der Waals surface area contributed by atoms with Gasteiger partial charge in [0.25, 0.3) is 5.91 Å². The molecule has 0 saturated heterocycles. The Bertz CT molecular complexity index is 686. The molecule has 0 heterocycles. The Morgan fingerprint density at radius 1 is 1.29 bits per heavy atom. The van der Waals surface area contributed by atoms with Crippen LogP contribution in [0.3, 0.4) is 0 Å². The van der Waals surface area contributed by atoms with E-state index in [0.717, 1.165) is 5.56 Å². The minimum absolute atomic E-state index is 0.166. The first-order chi connectivity index (χ1) is 9.88. The number of hydrogen-bond donors (Lipinski definition) is 3. The molecule has 1 unspecified atom stereocenters. The fraction of sp³-hybridized carbons (Fsp3) is 0.188. The quantitative estimate of drug-likeness (QED) is 0.809. The molecule has 1 amide bonds. The summed E-state index contributed by atoms with van der Waals surface area (Å²) < 4.78 is 13.4. The molecule has 0 bridgehead atoms. The van der Waals surface area contributed by atoms with Gasteiger partial charge in [0.15, 0.2) is 0 Å². The van der Waals surface area contributed by atoms with E-state index in [1.165, 1.54) is 18.2 Å². The number of phenolic OH excluding ortho intramolecular Hbond substituents is 1. The largest absolute Gasteiger partial charge is 0.508 e. The Morgan fingerprint density at radius 2 is 2.00 bits per heavy atom. The predicted octanol–water partition coefficient (Wildman–Crippen LogP) is 3.11. The van der Waals surface area contributed by atoms with Gasteiger partial charge in [-0.15, -0.1) is 0 Å². The molecular formula is C16H17FN2O2. The molecule has 0 fully saturated rings. The number of nitrogens with one attached hydrogen (secondary N) is 1. The summed E-state index contributed by atoms with van der Waals surface area (Å²) in [6, 6.07) is 9.24. The minimum Gasteiger partial charge on any atom is -0.508 e. The van der Waals surface area contributed by atoms with E-state index in [4.69, 9.17) is 5.73 Å². The Balaban J connectivity index is 2.25. The molecule has 4 N–H and O–H groups in total. The standard InChI is InChI=1S/C16H17FN2O2/c1-9-3-5-12(15(20)7-9)10(2)19-11-4-6-14(17)13(8-11)16(18)21/h3-8,10,19-20H,1-2H3,(H2,18,21). The van der Waals surface area contributed by atoms with Crippen molar-refractivity contribution in [3.8, 4) is 5.75 Å². The van der Waals surface area contributed by atoms with Crippen molar-refractivity contribution in [1.82, 2.24) is 0 Å². The number of aryl methyl sites for hydroxylation is 1. The molecule has 0 aliphatic carbocycles. The highest BCUT2D eigenvalue weighted by molar-refractivity contribution is 5.94. The maximum atomic E-state index is 13.4. The highest BCUT2D eigenvalue weighted by Gasteiger charge is 2.13. The van der Waals surface area contributed by atoms with Gasteiger partial charge >= 0.3 is 0 Å². The number of amides is 1. The lowest BCUT2D eigenvalue weighted by molar-refractivity contribution is 0.0996. The Labute approximate surface area is 122 Å². The number of carbonyl (C=O) groups is 1. The van der Waals surface area contributed by atoms with Crippen molar-refractivity contribution in [1.29, 1.82) is 0 Å². The van der Waals surface area contributed by atoms with Crippen molar-refractivity contribution in [2.24, 2.45) is 5.73 Å². The Hall–Kier alpha value is -2.56. The van der Waals surface area contributed by atoms with E-state index in [-0.39, 0.29) is 17.4 Å². The van der Waals surface area contributed by atoms with Gasteiger partial charge in [0, 0.05) is 11.3 Å². The summed E-state index contributed by atoms with van der Waals surface area (Å²) in [4.78, 5) is 11.1. The first-order valence-electron chi connectivity index (χ1n) is 6.54. The average Bonchev–Trinajstić information content (AvgIpc) is 2.40. The molecule has 21 heavy (non-hydrogen) atoms. The number of anilines is 1. The maximum absolute atomic E-state index is 13.4. The summed E-state index contributed by atoms with van der Waals surface area (Å²) >= 11 is 0. The van der Waals surface area contributed by atoms with Crippen molar-refractivity contribution in [2.75, 3.05) is 5.32 Å². The predicted molar refractivity (Wildman–Crippen MR) is 79.8 cm³/mol. The van der Waals surface area contributed by atoms with Crippen LogP contribution in [-0.2, 0) is 0 Å². The average molecular weight is 288 g/mol. The van der Waals surface area contributed by atoms with Crippen molar-refractivity contribution < 1.29 is 14.3 Å². The lowest BCUT2D eigenvalue weighted by Crippen LogP contribution is -2.14. The van der Waals surface area contributed by atoms with Gasteiger partial charge < -0.3 is 16.2 Å². The molecule has 0 saturated carbocycles. The molecule has 2 aromatic rings. The lowest BCUT2D eigenvalue weighted by Gasteiger charge is -2.17. The minimum atomic E-state index is -0.818. The van der Waals surface area contributed by atoms with Crippen LogP contribution < -0.4 is 11.1 Å². The van der Waals surface area contributed by atoms with Crippen LogP contribution in [0.4, 0.5) is 10.1 Å². The van der Waals surface area contributed by atoms with Gasteiger partial charge in [-0.25, -0.2) is 4.39 Å². The number of nitrogens with two attached hydrogens (primary N) is 1. The SMILES string of the molecule is Cc1ccc(C(C)Nc2ccc(F)c(C(N)=O)c2)c(O)c1. The van der Waals surface area contributed by atoms with E-state index < -0.39 is 11.7 Å². The first-order valence-corrected chi connectivity index (χ1v) is 6.54. The molecule has 2 rings (SSSR count). The summed E-state index contributed by atoms with van der Waals surface area (Å²) in [5, 5.41) is 13.1. The topological polar surface area (TPSA) is 75.3 Å². The smallest absolute Gasteiger partial charge is 0.251 e. The molecule has 0 radical (unpaired) electrons. The molecule has 1 atom stereocenters. The second-order valence-electron chi connectivity index (χ2n) is 4.99. The van der Waals surface area contributed by atoms with Crippen molar-refractivity contribution in [2.45, 2.75) is 19.9 Å². The van der Waals surface area contributed by atoms with E-state index >= 15 is 0 Å². The number of rotatable bonds is 4. The molecular weight excluding hydrogens is 271 g/mol. The third kappa shape index (κ3) is 3.31. The van der Waals surface area contributed by atoms with Crippen LogP contribution in [-0.4, -0.2) is 11.0 Å². The zero-order chi connectivity index (χ0) is 15.6. The molecule has 0 spiro atoms. The molecule has 4 nitrogen and oxygen atoms in total. The second kappa shape index (κ2) is 5.83. The van der Waals surface area contributed by atoms with Gasteiger partial charge in [-0.3, -0.25) is 4.79 Å². The van der Waals surface area contributed by atoms with Gasteiger partial charge in [-0.05, 0) is 43.7 Å². The Morgan fingerprint density at radius 3 is 2.62 bits per heavy atom. The third-order valence-electron chi connectivity index (χ3n) is 3.27.